The van der Waals surface area contributed by atoms with E-state index in [2.05, 4.69) is 13.0 Å². The molecule has 0 radical (unpaired) electrons. The van der Waals surface area contributed by atoms with Crippen LogP contribution in [0.15, 0.2) is 42.5 Å². The highest BCUT2D eigenvalue weighted by molar-refractivity contribution is 6.08. The zero-order valence-corrected chi connectivity index (χ0v) is 11.8. The lowest BCUT2D eigenvalue weighted by Gasteiger charge is -2.23. The lowest BCUT2D eigenvalue weighted by Crippen LogP contribution is -2.35. The summed E-state index contributed by atoms with van der Waals surface area (Å²) in [6.07, 6.45) is 0.906. The van der Waals surface area contributed by atoms with Crippen LogP contribution in [-0.4, -0.2) is 11.9 Å². The number of carbonyl (C=O) groups excluding carboxylic acids is 1. The molecule has 1 heterocycles. The smallest absolute Gasteiger partial charge is 0.258 e. The normalized spacial score (nSPS) is 17.1. The third kappa shape index (κ3) is 1.95. The number of hydrogen-bond donors (Lipinski definition) is 1. The minimum absolute atomic E-state index is 0.0224. The van der Waals surface area contributed by atoms with E-state index in [9.17, 15) is 4.79 Å². The minimum atomic E-state index is 0.0224. The van der Waals surface area contributed by atoms with Crippen LogP contribution in [0.1, 0.15) is 28.4 Å². The number of anilines is 2. The van der Waals surface area contributed by atoms with E-state index >= 15 is 0 Å². The maximum Gasteiger partial charge on any atom is 0.258 e. The van der Waals surface area contributed by atoms with Crippen molar-refractivity contribution in [3.8, 4) is 0 Å². The minimum Gasteiger partial charge on any atom is -0.398 e. The molecule has 102 valence electrons. The van der Waals surface area contributed by atoms with E-state index < -0.39 is 0 Å². The van der Waals surface area contributed by atoms with Gasteiger partial charge in [0.15, 0.2) is 0 Å². The number of nitrogens with two attached hydrogens (primary N) is 1. The number of amides is 1. The molecular formula is C17H18N2O. The van der Waals surface area contributed by atoms with Gasteiger partial charge in [0.05, 0.1) is 0 Å². The number of carbonyl (C=O) groups is 1. The van der Waals surface area contributed by atoms with E-state index in [1.165, 1.54) is 5.56 Å². The number of nitrogen functional groups attached to an aromatic ring is 1. The van der Waals surface area contributed by atoms with Crippen LogP contribution in [0.2, 0.25) is 0 Å². The van der Waals surface area contributed by atoms with Crippen molar-refractivity contribution >= 4 is 17.3 Å². The molecule has 0 saturated heterocycles. The Morgan fingerprint density at radius 2 is 2.00 bits per heavy atom. The van der Waals surface area contributed by atoms with Gasteiger partial charge in [-0.2, -0.15) is 0 Å². The zero-order chi connectivity index (χ0) is 14.3. The first kappa shape index (κ1) is 12.7. The molecule has 3 heteroatoms. The predicted octanol–water partition coefficient (Wildman–Crippen LogP) is 3.17. The van der Waals surface area contributed by atoms with E-state index in [1.807, 2.05) is 42.2 Å². The number of para-hydroxylation sites is 1. The molecule has 1 atom stereocenters. The van der Waals surface area contributed by atoms with Gasteiger partial charge in [0.25, 0.3) is 5.91 Å². The van der Waals surface area contributed by atoms with Gasteiger partial charge in [0.2, 0.25) is 0 Å². The Labute approximate surface area is 119 Å². The Morgan fingerprint density at radius 1 is 1.25 bits per heavy atom. The first-order valence-corrected chi connectivity index (χ1v) is 6.85. The van der Waals surface area contributed by atoms with Crippen molar-refractivity contribution in [2.45, 2.75) is 26.3 Å². The third-order valence-corrected chi connectivity index (χ3v) is 3.95. The Hall–Kier alpha value is -2.29. The number of hydrogen-bond acceptors (Lipinski definition) is 2. The molecule has 0 aliphatic carbocycles. The molecule has 2 aromatic carbocycles. The van der Waals surface area contributed by atoms with Crippen LogP contribution < -0.4 is 10.6 Å². The van der Waals surface area contributed by atoms with Crippen molar-refractivity contribution in [3.05, 3.63) is 59.2 Å². The zero-order valence-electron chi connectivity index (χ0n) is 11.8. The number of aryl methyl sites for hydroxylation is 1. The molecule has 1 unspecified atom stereocenters. The van der Waals surface area contributed by atoms with E-state index in [-0.39, 0.29) is 11.9 Å². The SMILES string of the molecule is Cc1ccc(C(=O)N2c3ccccc3CC2C)cc1N. The molecule has 2 N–H and O–H groups in total. The van der Waals surface area contributed by atoms with E-state index in [0.717, 1.165) is 17.7 Å². The highest BCUT2D eigenvalue weighted by Crippen LogP contribution is 2.33. The Balaban J connectivity index is 2.00. The molecule has 0 fully saturated rings. The van der Waals surface area contributed by atoms with E-state index in [1.54, 1.807) is 6.07 Å². The van der Waals surface area contributed by atoms with Crippen LogP contribution in [0.25, 0.3) is 0 Å². The van der Waals surface area contributed by atoms with Gasteiger partial charge in [0.1, 0.15) is 0 Å². The lowest BCUT2D eigenvalue weighted by molar-refractivity contribution is 0.0981. The molecule has 3 nitrogen and oxygen atoms in total. The summed E-state index contributed by atoms with van der Waals surface area (Å²) >= 11 is 0. The Kier molecular flexibility index (Phi) is 2.97. The first-order chi connectivity index (χ1) is 9.58. The number of fused-ring (bicyclic) bond motifs is 1. The summed E-state index contributed by atoms with van der Waals surface area (Å²) in [5, 5.41) is 0. The molecule has 3 rings (SSSR count). The van der Waals surface area contributed by atoms with Gasteiger partial charge in [-0.15, -0.1) is 0 Å². The highest BCUT2D eigenvalue weighted by Gasteiger charge is 2.31. The number of benzene rings is 2. The van der Waals surface area contributed by atoms with Gasteiger partial charge in [-0.25, -0.2) is 0 Å². The van der Waals surface area contributed by atoms with Crippen LogP contribution >= 0.6 is 0 Å². The van der Waals surface area contributed by atoms with E-state index in [0.29, 0.717) is 11.3 Å². The fourth-order valence-electron chi connectivity index (χ4n) is 2.79. The van der Waals surface area contributed by atoms with Gasteiger partial charge in [-0.3, -0.25) is 4.79 Å². The largest absolute Gasteiger partial charge is 0.398 e. The summed E-state index contributed by atoms with van der Waals surface area (Å²) in [6.45, 7) is 4.02. The number of nitrogens with zero attached hydrogens (tertiary/aromatic N) is 1. The summed E-state index contributed by atoms with van der Waals surface area (Å²) in [7, 11) is 0. The molecule has 2 aromatic rings. The maximum absolute atomic E-state index is 12.8. The highest BCUT2D eigenvalue weighted by atomic mass is 16.2. The lowest BCUT2D eigenvalue weighted by atomic mass is 10.1. The predicted molar refractivity (Wildman–Crippen MR) is 82.0 cm³/mol. The van der Waals surface area contributed by atoms with Crippen LogP contribution in [0, 0.1) is 6.92 Å². The average molecular weight is 266 g/mol. The Bertz CT molecular complexity index is 678. The first-order valence-electron chi connectivity index (χ1n) is 6.85. The fraction of sp³-hybridized carbons (Fsp3) is 0.235. The maximum atomic E-state index is 12.8. The Morgan fingerprint density at radius 3 is 2.75 bits per heavy atom. The summed E-state index contributed by atoms with van der Waals surface area (Å²) in [4.78, 5) is 14.6. The second-order valence-corrected chi connectivity index (χ2v) is 5.43. The summed E-state index contributed by atoms with van der Waals surface area (Å²) in [5.74, 6) is 0.0224. The second kappa shape index (κ2) is 4.67. The van der Waals surface area contributed by atoms with Gasteiger partial charge < -0.3 is 10.6 Å². The molecule has 20 heavy (non-hydrogen) atoms. The number of rotatable bonds is 1. The molecule has 0 spiro atoms. The quantitative estimate of drug-likeness (QED) is 0.806. The molecule has 1 amide bonds. The van der Waals surface area contributed by atoms with Crippen molar-refractivity contribution in [2.75, 3.05) is 10.6 Å². The average Bonchev–Trinajstić information content (AvgIpc) is 2.77. The topological polar surface area (TPSA) is 46.3 Å². The second-order valence-electron chi connectivity index (χ2n) is 5.43. The summed E-state index contributed by atoms with van der Waals surface area (Å²) in [6, 6.07) is 13.8. The van der Waals surface area contributed by atoms with Crippen LogP contribution in [-0.2, 0) is 6.42 Å². The fourth-order valence-corrected chi connectivity index (χ4v) is 2.79. The van der Waals surface area contributed by atoms with Gasteiger partial charge in [-0.05, 0) is 49.6 Å². The van der Waals surface area contributed by atoms with E-state index in [4.69, 9.17) is 5.73 Å². The molecule has 1 aliphatic rings. The van der Waals surface area contributed by atoms with Gasteiger partial charge in [-0.1, -0.05) is 24.3 Å². The van der Waals surface area contributed by atoms with Crippen molar-refractivity contribution in [2.24, 2.45) is 0 Å². The molecule has 0 saturated carbocycles. The van der Waals surface area contributed by atoms with Crippen molar-refractivity contribution < 1.29 is 4.79 Å². The third-order valence-electron chi connectivity index (χ3n) is 3.95. The standard InChI is InChI=1S/C17H18N2O/c1-11-7-8-14(10-15(11)18)17(20)19-12(2)9-13-5-3-4-6-16(13)19/h3-8,10,12H,9,18H2,1-2H3. The van der Waals surface area contributed by atoms with Crippen LogP contribution in [0.5, 0.6) is 0 Å². The van der Waals surface area contributed by atoms with Crippen molar-refractivity contribution in [1.29, 1.82) is 0 Å². The molecule has 1 aliphatic heterocycles. The van der Waals surface area contributed by atoms with Crippen molar-refractivity contribution in [1.82, 2.24) is 0 Å². The monoisotopic (exact) mass is 266 g/mol. The molecule has 0 aromatic heterocycles. The van der Waals surface area contributed by atoms with Gasteiger partial charge >= 0.3 is 0 Å². The van der Waals surface area contributed by atoms with Crippen molar-refractivity contribution in [3.63, 3.8) is 0 Å². The summed E-state index contributed by atoms with van der Waals surface area (Å²) in [5.41, 5.74) is 10.5. The molecular weight excluding hydrogens is 248 g/mol. The molecule has 0 bridgehead atoms. The van der Waals surface area contributed by atoms with Crippen LogP contribution in [0.3, 0.4) is 0 Å². The van der Waals surface area contributed by atoms with Gasteiger partial charge in [0, 0.05) is 23.0 Å². The summed E-state index contributed by atoms with van der Waals surface area (Å²) < 4.78 is 0. The van der Waals surface area contributed by atoms with Crippen LogP contribution in [0.4, 0.5) is 11.4 Å².